The van der Waals surface area contributed by atoms with Crippen molar-refractivity contribution in [2.24, 2.45) is 0 Å². The van der Waals surface area contributed by atoms with Crippen molar-refractivity contribution in [1.82, 2.24) is 0 Å². The first-order chi connectivity index (χ1) is 5.87. The van der Waals surface area contributed by atoms with Gasteiger partial charge in [-0.1, -0.05) is 0 Å². The summed E-state index contributed by atoms with van der Waals surface area (Å²) in [6, 6.07) is 0. The van der Waals surface area contributed by atoms with Crippen LogP contribution in [0.5, 0.6) is 0 Å². The fourth-order valence-corrected chi connectivity index (χ4v) is 1.45. The largest absolute Gasteiger partial charge is 0.479 e. The quantitative estimate of drug-likeness (QED) is 0.358. The predicted octanol–water partition coefficient (Wildman–Crippen LogP) is -1.90. The molecule has 0 saturated heterocycles. The van der Waals surface area contributed by atoms with E-state index in [4.69, 9.17) is 20.4 Å². The van der Waals surface area contributed by atoms with Crippen LogP contribution in [0.15, 0.2) is 0 Å². The molecule has 0 spiro atoms. The van der Waals surface area contributed by atoms with Gasteiger partial charge >= 0.3 is 5.97 Å². The summed E-state index contributed by atoms with van der Waals surface area (Å²) < 4.78 is 0. The van der Waals surface area contributed by atoms with E-state index in [0.29, 0.717) is 0 Å². The van der Waals surface area contributed by atoms with Crippen molar-refractivity contribution in [3.8, 4) is 0 Å². The highest BCUT2D eigenvalue weighted by molar-refractivity contribution is 5.85. The Kier molecular flexibility index (Phi) is 4.29. The summed E-state index contributed by atoms with van der Waals surface area (Å²) in [7, 11) is 0. The summed E-state index contributed by atoms with van der Waals surface area (Å²) in [4.78, 5) is 10.5. The lowest BCUT2D eigenvalue weighted by molar-refractivity contribution is -0.187. The molecule has 84 valence electrons. The number of rotatable bonds is 1. The number of carbonyl (C=O) groups is 1. The second kappa shape index (κ2) is 4.41. The van der Waals surface area contributed by atoms with Crippen LogP contribution in [0, 0.1) is 0 Å². The van der Waals surface area contributed by atoms with Gasteiger partial charge in [0.15, 0.2) is 5.60 Å². The average Bonchev–Trinajstić information content (AvgIpc) is 2.00. The fraction of sp³-hybridized carbons (Fsp3) is 0.857. The van der Waals surface area contributed by atoms with Crippen LogP contribution >= 0.6 is 12.4 Å². The molecule has 5 N–H and O–H groups in total. The zero-order valence-corrected chi connectivity index (χ0v) is 8.02. The van der Waals surface area contributed by atoms with E-state index in [2.05, 4.69) is 0 Å². The van der Waals surface area contributed by atoms with E-state index in [-0.39, 0.29) is 12.4 Å². The van der Waals surface area contributed by atoms with Gasteiger partial charge in [0.05, 0.1) is 12.2 Å². The molecule has 7 heteroatoms. The van der Waals surface area contributed by atoms with Crippen LogP contribution < -0.4 is 0 Å². The number of aliphatic carboxylic acids is 1. The molecule has 0 radical (unpaired) electrons. The van der Waals surface area contributed by atoms with Gasteiger partial charge in [-0.3, -0.25) is 0 Å². The summed E-state index contributed by atoms with van der Waals surface area (Å²) in [6.07, 6.45) is -5.16. The first-order valence-electron chi connectivity index (χ1n) is 3.87. The molecule has 0 unspecified atom stereocenters. The molecule has 0 bridgehead atoms. The smallest absolute Gasteiger partial charge is 0.335 e. The molecule has 1 aliphatic rings. The molecule has 0 amide bonds. The number of aliphatic hydroxyl groups excluding tert-OH is 3. The molecule has 1 fully saturated rings. The van der Waals surface area contributed by atoms with Gasteiger partial charge in [-0.25, -0.2) is 4.79 Å². The number of carboxylic acids is 1. The highest BCUT2D eigenvalue weighted by Crippen LogP contribution is 2.29. The number of aliphatic hydroxyl groups is 4. The lowest BCUT2D eigenvalue weighted by atomic mass is 9.80. The summed E-state index contributed by atoms with van der Waals surface area (Å²) >= 11 is 0. The average molecular weight is 229 g/mol. The maximum Gasteiger partial charge on any atom is 0.335 e. The van der Waals surface area contributed by atoms with Gasteiger partial charge in [0.2, 0.25) is 0 Å². The normalized spacial score (nSPS) is 42.7. The van der Waals surface area contributed by atoms with Crippen LogP contribution in [0.4, 0.5) is 0 Å². The zero-order chi connectivity index (χ0) is 10.2. The molecule has 0 aliphatic heterocycles. The van der Waals surface area contributed by atoms with E-state index in [1.807, 2.05) is 0 Å². The minimum absolute atomic E-state index is 0. The predicted molar refractivity (Wildman–Crippen MR) is 47.1 cm³/mol. The lowest BCUT2D eigenvalue weighted by Gasteiger charge is -2.37. The van der Waals surface area contributed by atoms with Gasteiger partial charge in [0.25, 0.3) is 0 Å². The molecule has 0 aromatic carbocycles. The molecule has 1 saturated carbocycles. The third kappa shape index (κ3) is 2.34. The standard InChI is InChI=1S/C7H12O6.ClH/c8-3-1-7(13,6(11)12)2-4(9)5(3)10;/h3-5,8-10,13H,1-2H2,(H,11,12);1H/t3-,4-,5?,7?;/m1./s1. The third-order valence-electron chi connectivity index (χ3n) is 2.28. The maximum absolute atomic E-state index is 10.5. The number of carboxylic acid groups (broad SMARTS) is 1. The van der Waals surface area contributed by atoms with Crippen molar-refractivity contribution < 1.29 is 30.3 Å². The molecule has 1 rings (SSSR count). The minimum Gasteiger partial charge on any atom is -0.479 e. The minimum atomic E-state index is -2.14. The second-order valence-corrected chi connectivity index (χ2v) is 3.37. The molecule has 1 aliphatic carbocycles. The van der Waals surface area contributed by atoms with Crippen molar-refractivity contribution >= 4 is 18.4 Å². The van der Waals surface area contributed by atoms with E-state index in [1.165, 1.54) is 0 Å². The van der Waals surface area contributed by atoms with E-state index >= 15 is 0 Å². The SMILES string of the molecule is Cl.O=C(O)C1(O)C[C@@H](O)C(O)[C@H](O)C1. The Balaban J connectivity index is 0.00000169. The van der Waals surface area contributed by atoms with E-state index < -0.39 is 42.7 Å². The fourth-order valence-electron chi connectivity index (χ4n) is 1.45. The molecule has 0 aromatic rings. The Morgan fingerprint density at radius 3 is 1.79 bits per heavy atom. The second-order valence-electron chi connectivity index (χ2n) is 3.37. The third-order valence-corrected chi connectivity index (χ3v) is 2.28. The van der Waals surface area contributed by atoms with Crippen LogP contribution in [0.25, 0.3) is 0 Å². The topological polar surface area (TPSA) is 118 Å². The zero-order valence-electron chi connectivity index (χ0n) is 7.20. The molecule has 0 heterocycles. The molecule has 2 atom stereocenters. The monoisotopic (exact) mass is 228 g/mol. The van der Waals surface area contributed by atoms with Crippen molar-refractivity contribution in [2.45, 2.75) is 36.8 Å². The van der Waals surface area contributed by atoms with Crippen LogP contribution in [-0.4, -0.2) is 55.4 Å². The maximum atomic E-state index is 10.5. The Hall–Kier alpha value is -0.400. The van der Waals surface area contributed by atoms with Crippen LogP contribution in [0.2, 0.25) is 0 Å². The van der Waals surface area contributed by atoms with E-state index in [9.17, 15) is 9.90 Å². The lowest BCUT2D eigenvalue weighted by Crippen LogP contribution is -2.56. The molecule has 6 nitrogen and oxygen atoms in total. The summed E-state index contributed by atoms with van der Waals surface area (Å²) in [5, 5.41) is 45.2. The first kappa shape index (κ1) is 13.6. The van der Waals surface area contributed by atoms with Gasteiger partial charge in [-0.15, -0.1) is 12.4 Å². The van der Waals surface area contributed by atoms with Gasteiger partial charge in [0, 0.05) is 12.8 Å². The Bertz CT molecular complexity index is 208. The summed E-state index contributed by atoms with van der Waals surface area (Å²) in [5.74, 6) is -1.50. The van der Waals surface area contributed by atoms with Gasteiger partial charge in [-0.2, -0.15) is 0 Å². The number of halogens is 1. The Labute approximate surface area is 86.2 Å². The van der Waals surface area contributed by atoms with E-state index in [1.54, 1.807) is 0 Å². The number of hydrogen-bond donors (Lipinski definition) is 5. The molecular weight excluding hydrogens is 216 g/mol. The Morgan fingerprint density at radius 2 is 1.50 bits per heavy atom. The highest BCUT2D eigenvalue weighted by atomic mass is 35.5. The van der Waals surface area contributed by atoms with E-state index in [0.717, 1.165) is 0 Å². The summed E-state index contributed by atoms with van der Waals surface area (Å²) in [5.41, 5.74) is -2.14. The molecule has 14 heavy (non-hydrogen) atoms. The van der Waals surface area contributed by atoms with Crippen LogP contribution in [0.3, 0.4) is 0 Å². The van der Waals surface area contributed by atoms with Crippen LogP contribution in [0.1, 0.15) is 12.8 Å². The van der Waals surface area contributed by atoms with Gasteiger partial charge in [0.1, 0.15) is 6.10 Å². The van der Waals surface area contributed by atoms with Crippen molar-refractivity contribution in [3.63, 3.8) is 0 Å². The van der Waals surface area contributed by atoms with Gasteiger partial charge in [-0.05, 0) is 0 Å². The summed E-state index contributed by atoms with van der Waals surface area (Å²) in [6.45, 7) is 0. The highest BCUT2D eigenvalue weighted by Gasteiger charge is 2.48. The van der Waals surface area contributed by atoms with Crippen LogP contribution in [-0.2, 0) is 4.79 Å². The van der Waals surface area contributed by atoms with Crippen molar-refractivity contribution in [2.75, 3.05) is 0 Å². The number of hydrogen-bond acceptors (Lipinski definition) is 5. The van der Waals surface area contributed by atoms with Crippen molar-refractivity contribution in [3.05, 3.63) is 0 Å². The molecule has 0 aromatic heterocycles. The Morgan fingerprint density at radius 1 is 1.14 bits per heavy atom. The first-order valence-corrected chi connectivity index (χ1v) is 3.87. The van der Waals surface area contributed by atoms with Crippen molar-refractivity contribution in [1.29, 1.82) is 0 Å². The van der Waals surface area contributed by atoms with Gasteiger partial charge < -0.3 is 25.5 Å². The molecular formula is C7H13ClO6.